The van der Waals surface area contributed by atoms with Gasteiger partial charge in [-0.15, -0.1) is 0 Å². The molecule has 2 aliphatic heterocycles. The first kappa shape index (κ1) is 24.1. The van der Waals surface area contributed by atoms with Crippen LogP contribution in [0.15, 0.2) is 59.5 Å². The fourth-order valence-corrected chi connectivity index (χ4v) is 6.37. The zero-order chi connectivity index (χ0) is 23.1. The number of rotatable bonds is 9. The Labute approximate surface area is 198 Å². The Hall–Kier alpha value is -2.06. The monoisotopic (exact) mass is 469 g/mol. The van der Waals surface area contributed by atoms with Crippen LogP contribution < -0.4 is 5.32 Å². The van der Waals surface area contributed by atoms with Crippen molar-refractivity contribution in [3.05, 3.63) is 65.7 Å². The molecule has 2 aromatic rings. The van der Waals surface area contributed by atoms with Gasteiger partial charge >= 0.3 is 0 Å². The van der Waals surface area contributed by atoms with E-state index in [2.05, 4.69) is 34.5 Å². The van der Waals surface area contributed by atoms with E-state index in [1.807, 2.05) is 6.07 Å². The van der Waals surface area contributed by atoms with E-state index >= 15 is 0 Å². The van der Waals surface area contributed by atoms with Gasteiger partial charge in [-0.2, -0.15) is 4.31 Å². The highest BCUT2D eigenvalue weighted by atomic mass is 32.2. The van der Waals surface area contributed by atoms with E-state index in [0.29, 0.717) is 25.2 Å². The molecule has 1 atom stereocenters. The number of likely N-dealkylation sites (tertiary alicyclic amines) is 1. The van der Waals surface area contributed by atoms with Crippen LogP contribution in [-0.4, -0.2) is 62.7 Å². The van der Waals surface area contributed by atoms with Crippen molar-refractivity contribution in [3.8, 4) is 0 Å². The Bertz CT molecular complexity index is 997. The van der Waals surface area contributed by atoms with Gasteiger partial charge in [-0.25, -0.2) is 8.42 Å². The fraction of sp³-hybridized carbons (Fsp3) is 0.500. The highest BCUT2D eigenvalue weighted by Crippen LogP contribution is 2.24. The van der Waals surface area contributed by atoms with Crippen molar-refractivity contribution in [2.45, 2.75) is 49.5 Å². The van der Waals surface area contributed by atoms with Crippen LogP contribution in [0.25, 0.3) is 0 Å². The number of hydrogen-bond acceptors (Lipinski definition) is 5. The van der Waals surface area contributed by atoms with E-state index < -0.39 is 10.0 Å². The number of piperidine rings is 2. The molecule has 2 aliphatic rings. The lowest BCUT2D eigenvalue weighted by atomic mass is 10.0. The minimum atomic E-state index is -3.47. The zero-order valence-corrected chi connectivity index (χ0v) is 20.1. The minimum Gasteiger partial charge on any atom is -0.308 e. The molecule has 2 heterocycles. The summed E-state index contributed by atoms with van der Waals surface area (Å²) in [5, 5.41) is 3.36. The van der Waals surface area contributed by atoms with Crippen LogP contribution in [0.2, 0.25) is 0 Å². The Kier molecular flexibility index (Phi) is 8.30. The van der Waals surface area contributed by atoms with Crippen molar-refractivity contribution < 1.29 is 13.2 Å². The Morgan fingerprint density at radius 3 is 2.06 bits per heavy atom. The van der Waals surface area contributed by atoms with Gasteiger partial charge in [0.05, 0.1) is 11.4 Å². The third-order valence-electron chi connectivity index (χ3n) is 6.77. The number of carbonyl (C=O) groups excluding carboxylic acids is 1. The van der Waals surface area contributed by atoms with Crippen molar-refractivity contribution in [1.29, 1.82) is 0 Å². The van der Waals surface area contributed by atoms with E-state index in [0.717, 1.165) is 32.4 Å². The topological polar surface area (TPSA) is 69.7 Å². The van der Waals surface area contributed by atoms with Gasteiger partial charge in [0, 0.05) is 31.2 Å². The lowest BCUT2D eigenvalue weighted by Crippen LogP contribution is -2.40. The molecule has 1 unspecified atom stereocenters. The van der Waals surface area contributed by atoms with Gasteiger partial charge in [0.15, 0.2) is 5.78 Å². The molecule has 0 radical (unpaired) electrons. The highest BCUT2D eigenvalue weighted by molar-refractivity contribution is 7.89. The second kappa shape index (κ2) is 11.4. The van der Waals surface area contributed by atoms with Gasteiger partial charge in [0.1, 0.15) is 0 Å². The van der Waals surface area contributed by atoms with Crippen LogP contribution in [0.4, 0.5) is 0 Å². The number of ketones is 1. The third-order valence-corrected chi connectivity index (χ3v) is 8.68. The maximum atomic E-state index is 12.8. The molecule has 0 bridgehead atoms. The average Bonchev–Trinajstić information content (AvgIpc) is 2.88. The predicted octanol–water partition coefficient (Wildman–Crippen LogP) is 3.86. The molecular weight excluding hydrogens is 434 g/mol. The molecule has 7 heteroatoms. The third kappa shape index (κ3) is 6.09. The van der Waals surface area contributed by atoms with Gasteiger partial charge in [-0.1, -0.05) is 55.3 Å². The lowest BCUT2D eigenvalue weighted by molar-refractivity contribution is 0.0983. The normalized spacial score (nSPS) is 19.3. The Balaban J connectivity index is 1.35. The molecule has 2 fully saturated rings. The van der Waals surface area contributed by atoms with Gasteiger partial charge < -0.3 is 5.32 Å². The quantitative estimate of drug-likeness (QED) is 0.565. The number of nitrogens with zero attached hydrogens (tertiary/aromatic N) is 2. The van der Waals surface area contributed by atoms with Crippen molar-refractivity contribution >= 4 is 15.8 Å². The lowest BCUT2D eigenvalue weighted by Gasteiger charge is -2.35. The molecule has 1 N–H and O–H groups in total. The molecule has 0 spiro atoms. The Morgan fingerprint density at radius 2 is 1.42 bits per heavy atom. The molecule has 0 amide bonds. The van der Waals surface area contributed by atoms with Crippen molar-refractivity contribution in [2.75, 3.05) is 39.3 Å². The van der Waals surface area contributed by atoms with E-state index in [1.54, 1.807) is 28.6 Å². The summed E-state index contributed by atoms with van der Waals surface area (Å²) in [6.45, 7) is 4.26. The largest absolute Gasteiger partial charge is 0.308 e. The van der Waals surface area contributed by atoms with Crippen molar-refractivity contribution in [1.82, 2.24) is 14.5 Å². The van der Waals surface area contributed by atoms with E-state index in [-0.39, 0.29) is 23.3 Å². The first-order valence-corrected chi connectivity index (χ1v) is 13.6. The molecule has 33 heavy (non-hydrogen) atoms. The maximum Gasteiger partial charge on any atom is 0.243 e. The number of hydrogen-bond donors (Lipinski definition) is 1. The van der Waals surface area contributed by atoms with Crippen LogP contribution >= 0.6 is 0 Å². The summed E-state index contributed by atoms with van der Waals surface area (Å²) in [5.41, 5.74) is 1.81. The predicted molar refractivity (Wildman–Crippen MR) is 131 cm³/mol. The molecule has 0 aliphatic carbocycles. The molecule has 2 aromatic carbocycles. The summed E-state index contributed by atoms with van der Waals surface area (Å²) in [4.78, 5) is 15.5. The summed E-state index contributed by atoms with van der Waals surface area (Å²) < 4.78 is 27.2. The average molecular weight is 470 g/mol. The van der Waals surface area contributed by atoms with E-state index in [4.69, 9.17) is 0 Å². The minimum absolute atomic E-state index is 0.0256. The second-order valence-corrected chi connectivity index (χ2v) is 11.0. The number of benzene rings is 2. The maximum absolute atomic E-state index is 12.8. The summed E-state index contributed by atoms with van der Waals surface area (Å²) in [6.07, 6.45) is 6.61. The van der Waals surface area contributed by atoms with Crippen LogP contribution in [0, 0.1) is 0 Å². The smallest absolute Gasteiger partial charge is 0.243 e. The number of sulfonamides is 1. The van der Waals surface area contributed by atoms with Crippen LogP contribution in [-0.2, 0) is 10.0 Å². The van der Waals surface area contributed by atoms with Crippen LogP contribution in [0.3, 0.4) is 0 Å². The van der Waals surface area contributed by atoms with Crippen LogP contribution in [0.5, 0.6) is 0 Å². The standard InChI is InChI=1S/C26H35N3O3S/c30-26(23-12-14-24(15-13-23)33(31,32)29-18-8-3-9-19-29)21-27-20-25(22-10-4-1-5-11-22)28-16-6-2-7-17-28/h1,4-5,10-15,25,27H,2-3,6-9,16-21H2. The molecule has 4 rings (SSSR count). The number of Topliss-reactive ketones (excluding diaryl/α,β-unsaturated/α-hetero) is 1. The number of carbonyl (C=O) groups is 1. The highest BCUT2D eigenvalue weighted by Gasteiger charge is 2.26. The van der Waals surface area contributed by atoms with Crippen molar-refractivity contribution in [2.24, 2.45) is 0 Å². The second-order valence-electron chi connectivity index (χ2n) is 9.07. The molecule has 2 saturated heterocycles. The Morgan fingerprint density at radius 1 is 0.818 bits per heavy atom. The van der Waals surface area contributed by atoms with Crippen molar-refractivity contribution in [3.63, 3.8) is 0 Å². The summed E-state index contributed by atoms with van der Waals surface area (Å²) in [5.74, 6) is -0.0256. The molecule has 0 aromatic heterocycles. The summed E-state index contributed by atoms with van der Waals surface area (Å²) in [7, 11) is -3.47. The van der Waals surface area contributed by atoms with Gasteiger partial charge in [0.25, 0.3) is 0 Å². The molecular formula is C26H35N3O3S. The molecule has 178 valence electrons. The van der Waals surface area contributed by atoms with Gasteiger partial charge in [-0.05, 0) is 56.5 Å². The first-order chi connectivity index (χ1) is 16.1. The first-order valence-electron chi connectivity index (χ1n) is 12.2. The zero-order valence-electron chi connectivity index (χ0n) is 19.3. The summed E-state index contributed by atoms with van der Waals surface area (Å²) >= 11 is 0. The van der Waals surface area contributed by atoms with E-state index in [9.17, 15) is 13.2 Å². The van der Waals surface area contributed by atoms with Crippen LogP contribution in [0.1, 0.15) is 60.5 Å². The summed E-state index contributed by atoms with van der Waals surface area (Å²) in [6, 6.07) is 17.1. The van der Waals surface area contributed by atoms with E-state index in [1.165, 1.54) is 24.8 Å². The van der Waals surface area contributed by atoms with Gasteiger partial charge in [-0.3, -0.25) is 9.69 Å². The molecule has 6 nitrogen and oxygen atoms in total. The fourth-order valence-electron chi connectivity index (χ4n) is 4.85. The van der Waals surface area contributed by atoms with Gasteiger partial charge in [0.2, 0.25) is 10.0 Å². The SMILES string of the molecule is O=C(CNCC(c1ccccc1)N1CCCCC1)c1ccc(S(=O)(=O)N2CCCCC2)cc1. The molecule has 0 saturated carbocycles. The number of nitrogens with one attached hydrogen (secondary N) is 1.